The topological polar surface area (TPSA) is 36.7 Å². The van der Waals surface area contributed by atoms with E-state index in [9.17, 15) is 5.26 Å². The predicted molar refractivity (Wildman–Crippen MR) is 59.4 cm³/mol. The van der Waals surface area contributed by atoms with E-state index < -0.39 is 0 Å². The first-order chi connectivity index (χ1) is 7.28. The molecular weight excluding hydrogens is 184 g/mol. The van der Waals surface area contributed by atoms with Crippen LogP contribution in [0.15, 0.2) is 18.5 Å². The lowest BCUT2D eigenvalue weighted by Crippen LogP contribution is -2.28. The van der Waals surface area contributed by atoms with Crippen LogP contribution >= 0.6 is 0 Å². The van der Waals surface area contributed by atoms with Crippen molar-refractivity contribution in [3.05, 3.63) is 29.6 Å². The van der Waals surface area contributed by atoms with Crippen LogP contribution in [0.3, 0.4) is 0 Å². The summed E-state index contributed by atoms with van der Waals surface area (Å²) in [5.41, 5.74) is 2.12. The van der Waals surface area contributed by atoms with Crippen LogP contribution in [0, 0.1) is 18.3 Å². The first-order valence-corrected chi connectivity index (χ1v) is 5.61. The zero-order valence-corrected chi connectivity index (χ0v) is 9.16. The zero-order chi connectivity index (χ0) is 10.7. The van der Waals surface area contributed by atoms with Gasteiger partial charge in [0.2, 0.25) is 0 Å². The Morgan fingerprint density at radius 1 is 1.33 bits per heavy atom. The molecule has 0 amide bonds. The van der Waals surface area contributed by atoms with Crippen LogP contribution in [-0.2, 0) is 5.41 Å². The van der Waals surface area contributed by atoms with Gasteiger partial charge in [-0.3, -0.25) is 4.98 Å². The van der Waals surface area contributed by atoms with Crippen molar-refractivity contribution in [1.29, 1.82) is 5.26 Å². The molecule has 78 valence electrons. The summed E-state index contributed by atoms with van der Waals surface area (Å²) in [7, 11) is 0. The van der Waals surface area contributed by atoms with Crippen molar-refractivity contribution < 1.29 is 0 Å². The van der Waals surface area contributed by atoms with Crippen molar-refractivity contribution >= 4 is 0 Å². The first-order valence-electron chi connectivity index (χ1n) is 5.61. The van der Waals surface area contributed by atoms with Gasteiger partial charge in [-0.2, -0.15) is 5.26 Å². The van der Waals surface area contributed by atoms with E-state index in [1.54, 1.807) is 6.20 Å². The minimum absolute atomic E-state index is 0.231. The largest absolute Gasteiger partial charge is 0.264 e. The maximum absolute atomic E-state index is 9.45. The van der Waals surface area contributed by atoms with Crippen molar-refractivity contribution in [2.75, 3.05) is 0 Å². The second kappa shape index (κ2) is 4.02. The Morgan fingerprint density at radius 2 is 2.07 bits per heavy atom. The number of aryl methyl sites for hydroxylation is 1. The first kappa shape index (κ1) is 10.2. The minimum atomic E-state index is -0.231. The van der Waals surface area contributed by atoms with Gasteiger partial charge in [0.25, 0.3) is 0 Å². The Morgan fingerprint density at radius 3 is 2.67 bits per heavy atom. The molecule has 2 nitrogen and oxygen atoms in total. The Bertz CT molecular complexity index is 384. The maximum Gasteiger partial charge on any atom is 0.0826 e. The molecule has 0 spiro atoms. The third-order valence-electron chi connectivity index (χ3n) is 3.46. The Balaban J connectivity index is 2.42. The highest BCUT2D eigenvalue weighted by atomic mass is 14.6. The monoisotopic (exact) mass is 200 g/mol. The highest BCUT2D eigenvalue weighted by molar-refractivity contribution is 5.37. The molecule has 1 heterocycles. The summed E-state index contributed by atoms with van der Waals surface area (Å²) in [6.45, 7) is 2.05. The fourth-order valence-electron chi connectivity index (χ4n) is 2.61. The van der Waals surface area contributed by atoms with E-state index in [4.69, 9.17) is 0 Å². The summed E-state index contributed by atoms with van der Waals surface area (Å²) in [6.07, 6.45) is 9.31. The Labute approximate surface area is 91.0 Å². The molecule has 0 bridgehead atoms. The van der Waals surface area contributed by atoms with Crippen molar-refractivity contribution in [3.63, 3.8) is 0 Å². The van der Waals surface area contributed by atoms with Crippen LogP contribution in [0.1, 0.15) is 43.2 Å². The quantitative estimate of drug-likeness (QED) is 0.698. The summed E-state index contributed by atoms with van der Waals surface area (Å²) in [4.78, 5) is 4.10. The molecule has 0 unspecified atom stereocenters. The number of nitrogens with zero attached hydrogens (tertiary/aromatic N) is 2. The summed E-state index contributed by atoms with van der Waals surface area (Å²) < 4.78 is 0. The van der Waals surface area contributed by atoms with Crippen molar-refractivity contribution in [1.82, 2.24) is 4.98 Å². The minimum Gasteiger partial charge on any atom is -0.264 e. The molecular formula is C13H16N2. The fourth-order valence-corrected chi connectivity index (χ4v) is 2.61. The Hall–Kier alpha value is -1.36. The van der Waals surface area contributed by atoms with Crippen molar-refractivity contribution in [2.45, 2.75) is 44.4 Å². The van der Waals surface area contributed by atoms with Gasteiger partial charge in [-0.15, -0.1) is 0 Å². The average Bonchev–Trinajstić information content (AvgIpc) is 2.30. The van der Waals surface area contributed by atoms with Gasteiger partial charge in [-0.25, -0.2) is 0 Å². The second-order valence-corrected chi connectivity index (χ2v) is 4.45. The third-order valence-corrected chi connectivity index (χ3v) is 3.46. The van der Waals surface area contributed by atoms with Gasteiger partial charge in [0.15, 0.2) is 0 Å². The van der Waals surface area contributed by atoms with Crippen LogP contribution in [0.25, 0.3) is 0 Å². The summed E-state index contributed by atoms with van der Waals surface area (Å²) in [6, 6.07) is 4.56. The van der Waals surface area contributed by atoms with Gasteiger partial charge in [0, 0.05) is 12.4 Å². The van der Waals surface area contributed by atoms with Gasteiger partial charge >= 0.3 is 0 Å². The number of hydrogen-bond acceptors (Lipinski definition) is 2. The van der Waals surface area contributed by atoms with Gasteiger partial charge in [0.05, 0.1) is 11.5 Å². The zero-order valence-electron chi connectivity index (χ0n) is 9.16. The highest BCUT2D eigenvalue weighted by Crippen LogP contribution is 2.39. The number of aromatic nitrogens is 1. The van der Waals surface area contributed by atoms with E-state index in [0.717, 1.165) is 18.4 Å². The van der Waals surface area contributed by atoms with Crippen LogP contribution in [0.5, 0.6) is 0 Å². The Kier molecular flexibility index (Phi) is 2.73. The average molecular weight is 200 g/mol. The van der Waals surface area contributed by atoms with E-state index in [-0.39, 0.29) is 5.41 Å². The lowest BCUT2D eigenvalue weighted by Gasteiger charge is -2.32. The van der Waals surface area contributed by atoms with Gasteiger partial charge < -0.3 is 0 Å². The molecule has 15 heavy (non-hydrogen) atoms. The van der Waals surface area contributed by atoms with Gasteiger partial charge in [-0.05, 0) is 37.0 Å². The third kappa shape index (κ3) is 1.74. The summed E-state index contributed by atoms with van der Waals surface area (Å²) in [5.74, 6) is 0. The second-order valence-electron chi connectivity index (χ2n) is 4.45. The molecule has 2 rings (SSSR count). The summed E-state index contributed by atoms with van der Waals surface area (Å²) in [5, 5.41) is 9.45. The SMILES string of the molecule is Cc1cnccc1C1(C#N)CCCCC1. The molecule has 0 atom stereocenters. The molecule has 1 saturated carbocycles. The fraction of sp³-hybridized carbons (Fsp3) is 0.538. The molecule has 1 fully saturated rings. The van der Waals surface area contributed by atoms with Gasteiger partial charge in [-0.1, -0.05) is 19.3 Å². The van der Waals surface area contributed by atoms with E-state index in [1.807, 2.05) is 12.3 Å². The van der Waals surface area contributed by atoms with Crippen LogP contribution in [0.2, 0.25) is 0 Å². The van der Waals surface area contributed by atoms with E-state index in [0.29, 0.717) is 0 Å². The number of hydrogen-bond donors (Lipinski definition) is 0. The number of nitriles is 1. The molecule has 2 heteroatoms. The lowest BCUT2D eigenvalue weighted by atomic mass is 9.70. The molecule has 0 aliphatic heterocycles. The maximum atomic E-state index is 9.45. The standard InChI is InChI=1S/C13H16N2/c1-11-9-15-8-5-12(11)13(10-14)6-3-2-4-7-13/h5,8-9H,2-4,6-7H2,1H3. The van der Waals surface area contributed by atoms with Crippen LogP contribution in [-0.4, -0.2) is 4.98 Å². The number of rotatable bonds is 1. The number of pyridine rings is 1. The van der Waals surface area contributed by atoms with Crippen molar-refractivity contribution in [2.24, 2.45) is 0 Å². The van der Waals surface area contributed by atoms with E-state index >= 15 is 0 Å². The molecule has 0 saturated heterocycles. The highest BCUT2D eigenvalue weighted by Gasteiger charge is 2.34. The molecule has 0 N–H and O–H groups in total. The van der Waals surface area contributed by atoms with Crippen LogP contribution < -0.4 is 0 Å². The van der Waals surface area contributed by atoms with Crippen molar-refractivity contribution in [3.8, 4) is 6.07 Å². The molecule has 1 aliphatic rings. The summed E-state index contributed by atoms with van der Waals surface area (Å²) >= 11 is 0. The molecule has 1 aliphatic carbocycles. The molecule has 0 radical (unpaired) electrons. The van der Waals surface area contributed by atoms with E-state index in [1.165, 1.54) is 24.8 Å². The molecule has 0 aromatic carbocycles. The normalized spacial score (nSPS) is 19.5. The smallest absolute Gasteiger partial charge is 0.0826 e. The van der Waals surface area contributed by atoms with Crippen LogP contribution in [0.4, 0.5) is 0 Å². The molecule has 1 aromatic rings. The molecule has 1 aromatic heterocycles. The predicted octanol–water partition coefficient (Wildman–Crippen LogP) is 3.12. The lowest BCUT2D eigenvalue weighted by molar-refractivity contribution is 0.364. The van der Waals surface area contributed by atoms with Gasteiger partial charge in [0.1, 0.15) is 0 Å². The van der Waals surface area contributed by atoms with E-state index in [2.05, 4.69) is 18.0 Å².